The summed E-state index contributed by atoms with van der Waals surface area (Å²) in [6.45, 7) is 3.87. The highest BCUT2D eigenvalue weighted by Crippen LogP contribution is 2.22. The molecular formula is C18H18O2. The summed E-state index contributed by atoms with van der Waals surface area (Å²) < 4.78 is 5.13. The molecule has 2 aromatic rings. The van der Waals surface area contributed by atoms with Crippen molar-refractivity contribution in [3.8, 4) is 11.5 Å². The molecule has 1 N–H and O–H groups in total. The van der Waals surface area contributed by atoms with E-state index in [1.165, 1.54) is 0 Å². The maximum atomic E-state index is 9.31. The SMILES string of the molecule is C=C[C@H](/C=C/c1ccc(OC)cc1)c1ccc(O)cc1. The van der Waals surface area contributed by atoms with Gasteiger partial charge in [-0.1, -0.05) is 42.5 Å². The van der Waals surface area contributed by atoms with Gasteiger partial charge in [-0.3, -0.25) is 0 Å². The molecule has 0 radical (unpaired) electrons. The van der Waals surface area contributed by atoms with Crippen LogP contribution in [-0.4, -0.2) is 12.2 Å². The molecular weight excluding hydrogens is 248 g/mol. The third-order valence-electron chi connectivity index (χ3n) is 3.14. The van der Waals surface area contributed by atoms with E-state index in [0.717, 1.165) is 16.9 Å². The highest BCUT2D eigenvalue weighted by atomic mass is 16.5. The molecule has 2 heteroatoms. The second-order valence-electron chi connectivity index (χ2n) is 4.49. The van der Waals surface area contributed by atoms with Crippen LogP contribution in [0.4, 0.5) is 0 Å². The molecule has 0 aliphatic carbocycles. The standard InChI is InChI=1S/C18H18O2/c1-3-15(16-8-10-17(19)11-9-16)7-4-14-5-12-18(20-2)13-6-14/h3-13,15,19H,1H2,2H3/b7-4+/t15-/m1/s1. The zero-order chi connectivity index (χ0) is 14.4. The molecule has 2 nitrogen and oxygen atoms in total. The van der Waals surface area contributed by atoms with Gasteiger partial charge in [0.25, 0.3) is 0 Å². The van der Waals surface area contributed by atoms with Gasteiger partial charge in [-0.05, 0) is 35.4 Å². The van der Waals surface area contributed by atoms with Crippen LogP contribution in [0.1, 0.15) is 17.0 Å². The molecule has 0 saturated heterocycles. The van der Waals surface area contributed by atoms with Crippen LogP contribution in [0, 0.1) is 0 Å². The molecule has 2 aromatic carbocycles. The number of phenols is 1. The number of phenolic OH excluding ortho intramolecular Hbond substituents is 1. The predicted molar refractivity (Wildman–Crippen MR) is 83.1 cm³/mol. The molecule has 20 heavy (non-hydrogen) atoms. The van der Waals surface area contributed by atoms with Crippen LogP contribution in [0.5, 0.6) is 11.5 Å². The Balaban J connectivity index is 2.14. The summed E-state index contributed by atoms with van der Waals surface area (Å²) in [4.78, 5) is 0. The summed E-state index contributed by atoms with van der Waals surface area (Å²) in [5, 5.41) is 9.31. The van der Waals surface area contributed by atoms with Gasteiger partial charge in [0.05, 0.1) is 7.11 Å². The number of allylic oxidation sites excluding steroid dienone is 2. The van der Waals surface area contributed by atoms with Crippen LogP contribution in [0.3, 0.4) is 0 Å². The first-order valence-electron chi connectivity index (χ1n) is 6.46. The lowest BCUT2D eigenvalue weighted by Gasteiger charge is -2.08. The van der Waals surface area contributed by atoms with Crippen LogP contribution in [0.2, 0.25) is 0 Å². The number of rotatable bonds is 5. The minimum atomic E-state index is 0.123. The second kappa shape index (κ2) is 6.62. The van der Waals surface area contributed by atoms with Crippen molar-refractivity contribution in [3.63, 3.8) is 0 Å². The third kappa shape index (κ3) is 3.51. The molecule has 0 aromatic heterocycles. The smallest absolute Gasteiger partial charge is 0.118 e. The predicted octanol–water partition coefficient (Wildman–Crippen LogP) is 4.38. The molecule has 0 spiro atoms. The average Bonchev–Trinajstić information content (AvgIpc) is 2.50. The zero-order valence-electron chi connectivity index (χ0n) is 11.5. The largest absolute Gasteiger partial charge is 0.508 e. The summed E-state index contributed by atoms with van der Waals surface area (Å²) in [7, 11) is 1.66. The molecule has 0 fully saturated rings. The quantitative estimate of drug-likeness (QED) is 0.814. The fourth-order valence-electron chi connectivity index (χ4n) is 1.95. The van der Waals surface area contributed by atoms with E-state index in [1.807, 2.05) is 42.5 Å². The molecule has 0 aliphatic rings. The zero-order valence-corrected chi connectivity index (χ0v) is 11.5. The lowest BCUT2D eigenvalue weighted by Crippen LogP contribution is -1.89. The van der Waals surface area contributed by atoms with Crippen LogP contribution in [0.15, 0.2) is 67.3 Å². The summed E-state index contributed by atoms with van der Waals surface area (Å²) in [5.74, 6) is 1.24. The summed E-state index contributed by atoms with van der Waals surface area (Å²) >= 11 is 0. The van der Waals surface area contributed by atoms with Crippen LogP contribution < -0.4 is 4.74 Å². The normalized spacial score (nSPS) is 12.2. The van der Waals surface area contributed by atoms with Gasteiger partial charge in [0.1, 0.15) is 11.5 Å². The number of hydrogen-bond acceptors (Lipinski definition) is 2. The first-order valence-corrected chi connectivity index (χ1v) is 6.46. The first-order chi connectivity index (χ1) is 9.72. The van der Waals surface area contributed by atoms with Crippen molar-refractivity contribution >= 4 is 6.08 Å². The van der Waals surface area contributed by atoms with Gasteiger partial charge in [-0.2, -0.15) is 0 Å². The molecule has 0 aliphatic heterocycles. The van der Waals surface area contributed by atoms with E-state index in [0.29, 0.717) is 0 Å². The van der Waals surface area contributed by atoms with Gasteiger partial charge in [-0.25, -0.2) is 0 Å². The Morgan fingerprint density at radius 1 is 1.05 bits per heavy atom. The number of ether oxygens (including phenoxy) is 1. The molecule has 0 bridgehead atoms. The van der Waals surface area contributed by atoms with Crippen molar-refractivity contribution in [1.82, 2.24) is 0 Å². The van der Waals surface area contributed by atoms with Crippen molar-refractivity contribution in [1.29, 1.82) is 0 Å². The van der Waals surface area contributed by atoms with Crippen molar-refractivity contribution in [2.24, 2.45) is 0 Å². The summed E-state index contributed by atoms with van der Waals surface area (Å²) in [6, 6.07) is 15.1. The highest BCUT2D eigenvalue weighted by molar-refractivity contribution is 5.53. The molecule has 2 rings (SSSR count). The van der Waals surface area contributed by atoms with Crippen molar-refractivity contribution in [2.45, 2.75) is 5.92 Å². The second-order valence-corrected chi connectivity index (χ2v) is 4.49. The van der Waals surface area contributed by atoms with E-state index in [2.05, 4.69) is 18.7 Å². The molecule has 1 atom stereocenters. The topological polar surface area (TPSA) is 29.5 Å². The van der Waals surface area contributed by atoms with Gasteiger partial charge >= 0.3 is 0 Å². The van der Waals surface area contributed by atoms with E-state index < -0.39 is 0 Å². The number of benzene rings is 2. The van der Waals surface area contributed by atoms with Crippen molar-refractivity contribution < 1.29 is 9.84 Å². The van der Waals surface area contributed by atoms with Gasteiger partial charge in [-0.15, -0.1) is 6.58 Å². The van der Waals surface area contributed by atoms with E-state index in [4.69, 9.17) is 4.74 Å². The summed E-state index contributed by atoms with van der Waals surface area (Å²) in [5.41, 5.74) is 2.21. The van der Waals surface area contributed by atoms with Crippen LogP contribution in [0.25, 0.3) is 6.08 Å². The lowest BCUT2D eigenvalue weighted by molar-refractivity contribution is 0.415. The molecule has 0 saturated carbocycles. The Morgan fingerprint density at radius 3 is 2.25 bits per heavy atom. The fourth-order valence-corrected chi connectivity index (χ4v) is 1.95. The van der Waals surface area contributed by atoms with Gasteiger partial charge in [0, 0.05) is 5.92 Å². The summed E-state index contributed by atoms with van der Waals surface area (Å²) in [6.07, 6.45) is 6.02. The molecule has 0 unspecified atom stereocenters. The molecule has 0 amide bonds. The number of methoxy groups -OCH3 is 1. The van der Waals surface area contributed by atoms with Crippen molar-refractivity contribution in [3.05, 3.63) is 78.4 Å². The first kappa shape index (κ1) is 13.9. The Labute approximate surface area is 119 Å². The Morgan fingerprint density at radius 2 is 1.70 bits per heavy atom. The molecule has 0 heterocycles. The minimum Gasteiger partial charge on any atom is -0.508 e. The van der Waals surface area contributed by atoms with Gasteiger partial charge in [0.15, 0.2) is 0 Å². The maximum Gasteiger partial charge on any atom is 0.118 e. The Kier molecular flexibility index (Phi) is 4.61. The number of aromatic hydroxyl groups is 1. The molecule has 102 valence electrons. The van der Waals surface area contributed by atoms with E-state index in [1.54, 1.807) is 19.2 Å². The van der Waals surface area contributed by atoms with Gasteiger partial charge < -0.3 is 9.84 Å². The maximum absolute atomic E-state index is 9.31. The van der Waals surface area contributed by atoms with Gasteiger partial charge in [0.2, 0.25) is 0 Å². The third-order valence-corrected chi connectivity index (χ3v) is 3.14. The van der Waals surface area contributed by atoms with Crippen molar-refractivity contribution in [2.75, 3.05) is 7.11 Å². The van der Waals surface area contributed by atoms with E-state index in [9.17, 15) is 5.11 Å². The van der Waals surface area contributed by atoms with Crippen LogP contribution in [-0.2, 0) is 0 Å². The highest BCUT2D eigenvalue weighted by Gasteiger charge is 2.03. The fraction of sp³-hybridized carbons (Fsp3) is 0.111. The number of hydrogen-bond donors (Lipinski definition) is 1. The van der Waals surface area contributed by atoms with E-state index >= 15 is 0 Å². The minimum absolute atomic E-state index is 0.123. The van der Waals surface area contributed by atoms with Crippen LogP contribution >= 0.6 is 0 Å². The van der Waals surface area contributed by atoms with E-state index in [-0.39, 0.29) is 11.7 Å². The Hall–Kier alpha value is -2.48. The monoisotopic (exact) mass is 266 g/mol. The lowest BCUT2D eigenvalue weighted by atomic mass is 9.98. The average molecular weight is 266 g/mol. The Bertz CT molecular complexity index is 580.